The number of rotatable bonds is 3. The Kier molecular flexibility index (Phi) is 1.86. The highest BCUT2D eigenvalue weighted by Gasteiger charge is 2.44. The Balaban J connectivity index is 1.85. The van der Waals surface area contributed by atoms with Gasteiger partial charge in [0.2, 0.25) is 0 Å². The zero-order valence-electron chi connectivity index (χ0n) is 7.97. The Bertz CT molecular complexity index is 224. The topological polar surface area (TPSA) is 0 Å². The van der Waals surface area contributed by atoms with Crippen molar-refractivity contribution < 1.29 is 0 Å². The molecule has 12 heavy (non-hydrogen) atoms. The smallest absolute Gasteiger partial charge is 0.0137 e. The van der Waals surface area contributed by atoms with E-state index < -0.39 is 0 Å². The van der Waals surface area contributed by atoms with Gasteiger partial charge in [-0.3, -0.25) is 0 Å². The molecule has 0 amide bonds. The average molecular weight is 162 g/mol. The van der Waals surface area contributed by atoms with Gasteiger partial charge < -0.3 is 0 Å². The van der Waals surface area contributed by atoms with E-state index in [-0.39, 0.29) is 0 Å². The van der Waals surface area contributed by atoms with Crippen LogP contribution >= 0.6 is 0 Å². The van der Waals surface area contributed by atoms with Crippen LogP contribution in [0.3, 0.4) is 0 Å². The van der Waals surface area contributed by atoms with E-state index in [1.54, 1.807) is 0 Å². The van der Waals surface area contributed by atoms with Crippen molar-refractivity contribution in [1.82, 2.24) is 0 Å². The van der Waals surface area contributed by atoms with Gasteiger partial charge in [-0.1, -0.05) is 17.7 Å². The van der Waals surface area contributed by atoms with Crippen molar-refractivity contribution in [3.05, 3.63) is 24.3 Å². The minimum Gasteiger partial charge on any atom is -0.100 e. The van der Waals surface area contributed by atoms with Crippen molar-refractivity contribution in [3.8, 4) is 0 Å². The van der Waals surface area contributed by atoms with Crippen molar-refractivity contribution in [2.75, 3.05) is 0 Å². The first-order chi connectivity index (χ1) is 5.68. The molecular formula is C12H18. The molecule has 0 aliphatic heterocycles. The minimum atomic E-state index is 0.906. The lowest BCUT2D eigenvalue weighted by Crippen LogP contribution is -2.27. The Morgan fingerprint density at radius 2 is 2.17 bits per heavy atom. The molecule has 0 N–H and O–H groups in total. The van der Waals surface area contributed by atoms with Crippen molar-refractivity contribution in [2.45, 2.75) is 32.6 Å². The van der Waals surface area contributed by atoms with Gasteiger partial charge in [0.1, 0.15) is 0 Å². The number of hydrogen-bond donors (Lipinski definition) is 0. The van der Waals surface area contributed by atoms with Gasteiger partial charge in [0.05, 0.1) is 0 Å². The van der Waals surface area contributed by atoms with Gasteiger partial charge in [-0.25, -0.2) is 0 Å². The van der Waals surface area contributed by atoms with Gasteiger partial charge in [-0.05, 0) is 50.4 Å². The molecule has 2 rings (SSSR count). The summed E-state index contributed by atoms with van der Waals surface area (Å²) < 4.78 is 0. The van der Waals surface area contributed by atoms with Crippen LogP contribution in [0.4, 0.5) is 0 Å². The SMILES string of the molecule is C=C(C)CC1CCC1C1CC1=C. The highest BCUT2D eigenvalue weighted by atomic mass is 14.5. The molecule has 0 aromatic heterocycles. The lowest BCUT2D eigenvalue weighted by molar-refractivity contribution is 0.154. The average Bonchev–Trinajstić information content (AvgIpc) is 2.60. The molecule has 0 bridgehead atoms. The van der Waals surface area contributed by atoms with Crippen LogP contribution in [-0.2, 0) is 0 Å². The zero-order chi connectivity index (χ0) is 8.72. The van der Waals surface area contributed by atoms with Gasteiger partial charge in [-0.15, -0.1) is 6.58 Å². The maximum Gasteiger partial charge on any atom is -0.0137 e. The van der Waals surface area contributed by atoms with Crippen molar-refractivity contribution >= 4 is 0 Å². The van der Waals surface area contributed by atoms with E-state index in [1.165, 1.54) is 36.8 Å². The third-order valence-corrected chi connectivity index (χ3v) is 3.45. The summed E-state index contributed by atoms with van der Waals surface area (Å²) in [5, 5.41) is 0. The molecular weight excluding hydrogens is 144 g/mol. The zero-order valence-corrected chi connectivity index (χ0v) is 7.97. The Morgan fingerprint density at radius 1 is 1.50 bits per heavy atom. The van der Waals surface area contributed by atoms with E-state index in [0.717, 1.165) is 17.8 Å². The van der Waals surface area contributed by atoms with Crippen LogP contribution in [0.15, 0.2) is 24.3 Å². The van der Waals surface area contributed by atoms with Gasteiger partial charge in [-0.2, -0.15) is 0 Å². The summed E-state index contributed by atoms with van der Waals surface area (Å²) in [6.07, 6.45) is 5.45. The van der Waals surface area contributed by atoms with Crippen LogP contribution in [0.5, 0.6) is 0 Å². The first-order valence-electron chi connectivity index (χ1n) is 5.00. The molecule has 0 aromatic rings. The first kappa shape index (κ1) is 8.10. The van der Waals surface area contributed by atoms with E-state index in [2.05, 4.69) is 20.1 Å². The van der Waals surface area contributed by atoms with Gasteiger partial charge in [0.15, 0.2) is 0 Å². The highest BCUT2D eigenvalue weighted by Crippen LogP contribution is 2.54. The third kappa shape index (κ3) is 1.35. The molecule has 0 saturated heterocycles. The number of hydrogen-bond acceptors (Lipinski definition) is 0. The second-order valence-corrected chi connectivity index (χ2v) is 4.63. The first-order valence-corrected chi connectivity index (χ1v) is 5.00. The van der Waals surface area contributed by atoms with Gasteiger partial charge in [0.25, 0.3) is 0 Å². The van der Waals surface area contributed by atoms with E-state index in [4.69, 9.17) is 0 Å². The molecule has 3 atom stereocenters. The molecule has 0 spiro atoms. The Morgan fingerprint density at radius 3 is 2.50 bits per heavy atom. The third-order valence-electron chi connectivity index (χ3n) is 3.45. The summed E-state index contributed by atoms with van der Waals surface area (Å²) in [6.45, 7) is 10.2. The second kappa shape index (κ2) is 2.76. The minimum absolute atomic E-state index is 0.906. The molecule has 0 nitrogen and oxygen atoms in total. The Labute approximate surface area is 75.4 Å². The van der Waals surface area contributed by atoms with Crippen LogP contribution in [0, 0.1) is 17.8 Å². The van der Waals surface area contributed by atoms with Crippen molar-refractivity contribution in [3.63, 3.8) is 0 Å². The normalized spacial score (nSPS) is 39.1. The largest absolute Gasteiger partial charge is 0.100 e. The van der Waals surface area contributed by atoms with Crippen molar-refractivity contribution in [1.29, 1.82) is 0 Å². The molecule has 0 heteroatoms. The molecule has 2 aliphatic carbocycles. The summed E-state index contributed by atoms with van der Waals surface area (Å²) in [5.74, 6) is 2.84. The molecule has 2 fully saturated rings. The lowest BCUT2D eigenvalue weighted by Gasteiger charge is -2.37. The lowest BCUT2D eigenvalue weighted by atomic mass is 9.68. The van der Waals surface area contributed by atoms with E-state index >= 15 is 0 Å². The van der Waals surface area contributed by atoms with Crippen LogP contribution in [-0.4, -0.2) is 0 Å². The van der Waals surface area contributed by atoms with Crippen LogP contribution < -0.4 is 0 Å². The quantitative estimate of drug-likeness (QED) is 0.557. The molecule has 3 unspecified atom stereocenters. The summed E-state index contributed by atoms with van der Waals surface area (Å²) in [5.41, 5.74) is 2.86. The Hall–Kier alpha value is -0.520. The summed E-state index contributed by atoms with van der Waals surface area (Å²) in [6, 6.07) is 0. The maximum absolute atomic E-state index is 4.04. The molecule has 0 radical (unpaired) electrons. The van der Waals surface area contributed by atoms with E-state index in [0.29, 0.717) is 0 Å². The summed E-state index contributed by atoms with van der Waals surface area (Å²) in [7, 11) is 0. The molecule has 2 saturated carbocycles. The van der Waals surface area contributed by atoms with Crippen LogP contribution in [0.2, 0.25) is 0 Å². The second-order valence-electron chi connectivity index (χ2n) is 4.63. The summed E-state index contributed by atoms with van der Waals surface area (Å²) >= 11 is 0. The van der Waals surface area contributed by atoms with Crippen LogP contribution in [0.25, 0.3) is 0 Å². The standard InChI is InChI=1S/C12H18/c1-8(2)6-10-4-5-11(10)12-7-9(12)3/h10-12H,1,3-7H2,2H3. The van der Waals surface area contributed by atoms with Crippen molar-refractivity contribution in [2.24, 2.45) is 17.8 Å². The highest BCUT2D eigenvalue weighted by molar-refractivity contribution is 5.22. The van der Waals surface area contributed by atoms with E-state index in [1.807, 2.05) is 0 Å². The molecule has 66 valence electrons. The molecule has 0 aromatic carbocycles. The number of allylic oxidation sites excluding steroid dienone is 2. The van der Waals surface area contributed by atoms with E-state index in [9.17, 15) is 0 Å². The predicted octanol–water partition coefficient (Wildman–Crippen LogP) is 3.55. The van der Waals surface area contributed by atoms with Crippen LogP contribution in [0.1, 0.15) is 32.6 Å². The van der Waals surface area contributed by atoms with Gasteiger partial charge >= 0.3 is 0 Å². The fraction of sp³-hybridized carbons (Fsp3) is 0.667. The fourth-order valence-electron chi connectivity index (χ4n) is 2.50. The maximum atomic E-state index is 4.04. The monoisotopic (exact) mass is 162 g/mol. The predicted molar refractivity (Wildman–Crippen MR) is 52.9 cm³/mol. The van der Waals surface area contributed by atoms with Gasteiger partial charge in [0, 0.05) is 0 Å². The fourth-order valence-corrected chi connectivity index (χ4v) is 2.50. The molecule has 2 aliphatic rings. The summed E-state index contributed by atoms with van der Waals surface area (Å²) in [4.78, 5) is 0. The molecule has 0 heterocycles.